The Morgan fingerprint density at radius 1 is 0.923 bits per heavy atom. The number of halogens is 1. The molecule has 5 heteroatoms. The van der Waals surface area contributed by atoms with Crippen molar-refractivity contribution in [3.63, 3.8) is 0 Å². The predicted molar refractivity (Wildman–Crippen MR) is 51.9 cm³/mol. The number of nitrogen functional groups attached to an aromatic ring is 2. The largest absolute Gasteiger partial charge is 0.396 e. The molecule has 0 aliphatic heterocycles. The van der Waals surface area contributed by atoms with Gasteiger partial charge >= 0.3 is 0 Å². The predicted octanol–water partition coefficient (Wildman–Crippen LogP) is 1.02. The van der Waals surface area contributed by atoms with Crippen molar-refractivity contribution in [2.45, 2.75) is 0 Å². The Balaban J connectivity index is 0.00000144. The van der Waals surface area contributed by atoms with Crippen LogP contribution in [0.1, 0.15) is 11.1 Å². The molecule has 4 nitrogen and oxygen atoms in total. The van der Waals surface area contributed by atoms with Crippen molar-refractivity contribution in [1.29, 1.82) is 10.5 Å². The molecule has 66 valence electrons. The highest BCUT2D eigenvalue weighted by Gasteiger charge is 2.05. The molecular weight excluding hydrogens is 188 g/mol. The summed E-state index contributed by atoms with van der Waals surface area (Å²) in [5.74, 6) is 0. The van der Waals surface area contributed by atoms with Crippen LogP contribution in [0.25, 0.3) is 0 Å². The molecule has 0 saturated heterocycles. The third-order valence-corrected chi connectivity index (χ3v) is 1.53. The van der Waals surface area contributed by atoms with Crippen molar-refractivity contribution < 1.29 is 0 Å². The van der Waals surface area contributed by atoms with Gasteiger partial charge in [-0.15, -0.1) is 12.4 Å². The first-order valence-electron chi connectivity index (χ1n) is 3.19. The first kappa shape index (κ1) is 11.1. The second kappa shape index (κ2) is 4.20. The number of nitrogens with zero attached hydrogens (tertiary/aromatic N) is 2. The number of hydrogen-bond acceptors (Lipinski definition) is 4. The first-order valence-corrected chi connectivity index (χ1v) is 3.19. The molecule has 0 radical (unpaired) electrons. The Kier molecular flexibility index (Phi) is 3.58. The lowest BCUT2D eigenvalue weighted by molar-refractivity contribution is 1.45. The lowest BCUT2D eigenvalue weighted by Gasteiger charge is -2.02. The van der Waals surface area contributed by atoms with Crippen molar-refractivity contribution in [1.82, 2.24) is 0 Å². The molecule has 0 bridgehead atoms. The van der Waals surface area contributed by atoms with Crippen LogP contribution in [-0.2, 0) is 0 Å². The third kappa shape index (κ3) is 1.81. The fourth-order valence-electron chi connectivity index (χ4n) is 0.831. The highest BCUT2D eigenvalue weighted by molar-refractivity contribution is 5.85. The molecule has 1 aromatic rings. The molecule has 0 heterocycles. The van der Waals surface area contributed by atoms with E-state index in [9.17, 15) is 0 Å². The maximum Gasteiger partial charge on any atom is 0.101 e. The lowest BCUT2D eigenvalue weighted by Crippen LogP contribution is -2.00. The van der Waals surface area contributed by atoms with E-state index in [1.54, 1.807) is 0 Å². The van der Waals surface area contributed by atoms with Crippen LogP contribution in [-0.4, -0.2) is 0 Å². The Bertz CT molecular complexity index is 361. The summed E-state index contributed by atoms with van der Waals surface area (Å²) in [6.45, 7) is 0. The van der Waals surface area contributed by atoms with E-state index in [4.69, 9.17) is 22.0 Å². The molecular formula is C8H7ClN4. The normalized spacial score (nSPS) is 7.85. The fraction of sp³-hybridized carbons (Fsp3) is 0. The molecule has 0 aromatic heterocycles. The van der Waals surface area contributed by atoms with Crippen molar-refractivity contribution in [2.75, 3.05) is 11.5 Å². The van der Waals surface area contributed by atoms with Gasteiger partial charge in [0.2, 0.25) is 0 Å². The second-order valence-corrected chi connectivity index (χ2v) is 2.21. The van der Waals surface area contributed by atoms with Gasteiger partial charge in [0.05, 0.1) is 22.5 Å². The van der Waals surface area contributed by atoms with Crippen molar-refractivity contribution in [3.8, 4) is 12.1 Å². The van der Waals surface area contributed by atoms with Crippen LogP contribution in [0.5, 0.6) is 0 Å². The van der Waals surface area contributed by atoms with Gasteiger partial charge in [-0.1, -0.05) is 0 Å². The van der Waals surface area contributed by atoms with Crippen LogP contribution in [0.4, 0.5) is 11.4 Å². The standard InChI is InChI=1S/C8H6N4.ClH/c9-3-5-1-2-6(4-10)8(12)7(5)11;/h1-2H,11-12H2;1H. The number of nitrogens with two attached hydrogens (primary N) is 2. The van der Waals surface area contributed by atoms with E-state index in [0.717, 1.165) is 0 Å². The van der Waals surface area contributed by atoms with E-state index in [0.29, 0.717) is 11.1 Å². The van der Waals surface area contributed by atoms with E-state index < -0.39 is 0 Å². The van der Waals surface area contributed by atoms with Crippen LogP contribution in [0.15, 0.2) is 12.1 Å². The lowest BCUT2D eigenvalue weighted by atomic mass is 10.1. The summed E-state index contributed by atoms with van der Waals surface area (Å²) in [7, 11) is 0. The molecule has 0 saturated carbocycles. The zero-order valence-electron chi connectivity index (χ0n) is 6.61. The van der Waals surface area contributed by atoms with Crippen LogP contribution in [0.2, 0.25) is 0 Å². The minimum absolute atomic E-state index is 0. The maximum atomic E-state index is 8.54. The summed E-state index contributed by atoms with van der Waals surface area (Å²) < 4.78 is 0. The Morgan fingerprint density at radius 3 is 1.46 bits per heavy atom. The van der Waals surface area contributed by atoms with Crippen LogP contribution in [0, 0.1) is 22.7 Å². The number of hydrogen-bond donors (Lipinski definition) is 2. The van der Waals surface area contributed by atoms with Gasteiger partial charge in [-0.05, 0) is 12.1 Å². The first-order chi connectivity index (χ1) is 5.70. The third-order valence-electron chi connectivity index (χ3n) is 1.53. The molecule has 13 heavy (non-hydrogen) atoms. The minimum Gasteiger partial charge on any atom is -0.396 e. The molecule has 0 aliphatic rings. The fourth-order valence-corrected chi connectivity index (χ4v) is 0.831. The van der Waals surface area contributed by atoms with E-state index in [1.807, 2.05) is 12.1 Å². The molecule has 1 aromatic carbocycles. The number of anilines is 2. The summed E-state index contributed by atoms with van der Waals surface area (Å²) in [4.78, 5) is 0. The van der Waals surface area contributed by atoms with Crippen molar-refractivity contribution in [2.24, 2.45) is 0 Å². The summed E-state index contributed by atoms with van der Waals surface area (Å²) in [6.07, 6.45) is 0. The Labute approximate surface area is 81.8 Å². The number of benzene rings is 1. The smallest absolute Gasteiger partial charge is 0.101 e. The van der Waals surface area contributed by atoms with Crippen LogP contribution in [0.3, 0.4) is 0 Å². The number of rotatable bonds is 0. The number of nitriles is 2. The Hall–Kier alpha value is -1.91. The minimum atomic E-state index is 0. The van der Waals surface area contributed by atoms with Gasteiger partial charge in [0.1, 0.15) is 12.1 Å². The van der Waals surface area contributed by atoms with Crippen molar-refractivity contribution in [3.05, 3.63) is 23.3 Å². The van der Waals surface area contributed by atoms with Gasteiger partial charge in [0.15, 0.2) is 0 Å². The van der Waals surface area contributed by atoms with Crippen LogP contribution < -0.4 is 11.5 Å². The summed E-state index contributed by atoms with van der Waals surface area (Å²) in [5.41, 5.74) is 11.9. The average Bonchev–Trinajstić information content (AvgIpc) is 2.10. The highest BCUT2D eigenvalue weighted by atomic mass is 35.5. The van der Waals surface area contributed by atoms with Crippen molar-refractivity contribution >= 4 is 23.8 Å². The SMILES string of the molecule is Cl.N#Cc1ccc(C#N)c(N)c1N. The molecule has 0 unspecified atom stereocenters. The maximum absolute atomic E-state index is 8.54. The van der Waals surface area contributed by atoms with Crippen LogP contribution >= 0.6 is 12.4 Å². The molecule has 0 aliphatic carbocycles. The van der Waals surface area contributed by atoms with E-state index in [-0.39, 0.29) is 23.8 Å². The molecule has 0 spiro atoms. The van der Waals surface area contributed by atoms with E-state index >= 15 is 0 Å². The van der Waals surface area contributed by atoms with Gasteiger partial charge in [0.25, 0.3) is 0 Å². The van der Waals surface area contributed by atoms with Gasteiger partial charge in [-0.25, -0.2) is 0 Å². The monoisotopic (exact) mass is 194 g/mol. The topological polar surface area (TPSA) is 99.6 Å². The van der Waals surface area contributed by atoms with Gasteiger partial charge < -0.3 is 11.5 Å². The summed E-state index contributed by atoms with van der Waals surface area (Å²) >= 11 is 0. The molecule has 1 rings (SSSR count). The molecule has 0 fully saturated rings. The van der Waals surface area contributed by atoms with Gasteiger partial charge in [-0.2, -0.15) is 10.5 Å². The van der Waals surface area contributed by atoms with Gasteiger partial charge in [0, 0.05) is 0 Å². The zero-order valence-corrected chi connectivity index (χ0v) is 7.43. The molecule has 4 N–H and O–H groups in total. The molecule has 0 atom stereocenters. The Morgan fingerprint density at radius 2 is 1.23 bits per heavy atom. The zero-order chi connectivity index (χ0) is 9.14. The quantitative estimate of drug-likeness (QED) is 0.602. The van der Waals surface area contributed by atoms with E-state index in [1.165, 1.54) is 12.1 Å². The van der Waals surface area contributed by atoms with Gasteiger partial charge in [-0.3, -0.25) is 0 Å². The average molecular weight is 195 g/mol. The van der Waals surface area contributed by atoms with E-state index in [2.05, 4.69) is 0 Å². The summed E-state index contributed by atoms with van der Waals surface area (Å²) in [5, 5.41) is 17.1. The highest BCUT2D eigenvalue weighted by Crippen LogP contribution is 2.22. The molecule has 0 amide bonds. The second-order valence-electron chi connectivity index (χ2n) is 2.21. The summed E-state index contributed by atoms with van der Waals surface area (Å²) in [6, 6.07) is 6.70.